The largest absolute Gasteiger partial charge is 0.497 e. The summed E-state index contributed by atoms with van der Waals surface area (Å²) in [7, 11) is 1.63. The lowest BCUT2D eigenvalue weighted by Gasteiger charge is -2.36. The summed E-state index contributed by atoms with van der Waals surface area (Å²) >= 11 is 0. The van der Waals surface area contributed by atoms with Gasteiger partial charge < -0.3 is 20.3 Å². The van der Waals surface area contributed by atoms with Crippen LogP contribution in [0.1, 0.15) is 25.7 Å². The first kappa shape index (κ1) is 15.6. The van der Waals surface area contributed by atoms with E-state index in [0.29, 0.717) is 6.42 Å². The number of nitrogens with two attached hydrogens (primary N) is 1. The van der Waals surface area contributed by atoms with Crippen molar-refractivity contribution in [2.45, 2.75) is 50.0 Å². The summed E-state index contributed by atoms with van der Waals surface area (Å²) in [6.45, 7) is 2.06. The van der Waals surface area contributed by atoms with Crippen LogP contribution in [0.25, 0.3) is 0 Å². The Hall–Kier alpha value is -1.30. The van der Waals surface area contributed by atoms with E-state index in [1.54, 1.807) is 7.11 Å². The highest BCUT2D eigenvalue weighted by Crippen LogP contribution is 2.30. The number of hydrogen-bond acceptors (Lipinski definition) is 5. The van der Waals surface area contributed by atoms with E-state index in [4.69, 9.17) is 15.2 Å². The molecule has 0 spiro atoms. The Morgan fingerprint density at radius 3 is 2.64 bits per heavy atom. The van der Waals surface area contributed by atoms with E-state index >= 15 is 0 Å². The fourth-order valence-electron chi connectivity index (χ4n) is 3.69. The molecule has 1 saturated carbocycles. The molecule has 1 aliphatic carbocycles. The highest BCUT2D eigenvalue weighted by Gasteiger charge is 2.45. The van der Waals surface area contributed by atoms with Crippen molar-refractivity contribution < 1.29 is 14.6 Å². The van der Waals surface area contributed by atoms with Gasteiger partial charge in [-0.25, -0.2) is 0 Å². The molecule has 2 aliphatic rings. The zero-order chi connectivity index (χ0) is 15.5. The number of aliphatic hydroxyl groups is 1. The minimum atomic E-state index is -0.542. The Bertz CT molecular complexity index is 491. The topological polar surface area (TPSA) is 68.0 Å². The molecule has 1 aromatic rings. The van der Waals surface area contributed by atoms with Gasteiger partial charge in [0.2, 0.25) is 0 Å². The SMILES string of the molecule is COc1cccc(O[C@@H]2C[C@@H](N)[C@H](N3CCCCC3)[C@H]2O)c1. The van der Waals surface area contributed by atoms with Gasteiger partial charge in [-0.05, 0) is 38.1 Å². The van der Waals surface area contributed by atoms with E-state index in [2.05, 4.69) is 4.90 Å². The molecule has 0 amide bonds. The number of likely N-dealkylation sites (tertiary alicyclic amines) is 1. The molecule has 4 atom stereocenters. The van der Waals surface area contributed by atoms with Crippen LogP contribution in [0.2, 0.25) is 0 Å². The number of aliphatic hydroxyl groups excluding tert-OH is 1. The second-order valence-corrected chi connectivity index (χ2v) is 6.31. The lowest BCUT2D eigenvalue weighted by Crippen LogP contribution is -2.52. The second kappa shape index (κ2) is 6.86. The number of piperidine rings is 1. The molecule has 0 bridgehead atoms. The van der Waals surface area contributed by atoms with Crippen LogP contribution >= 0.6 is 0 Å². The molecule has 1 heterocycles. The third kappa shape index (κ3) is 3.21. The number of benzene rings is 1. The Labute approximate surface area is 132 Å². The van der Waals surface area contributed by atoms with Crippen LogP contribution in [-0.4, -0.2) is 54.5 Å². The monoisotopic (exact) mass is 306 g/mol. The van der Waals surface area contributed by atoms with Gasteiger partial charge in [0.05, 0.1) is 13.2 Å². The van der Waals surface area contributed by atoms with Crippen LogP contribution in [0.15, 0.2) is 24.3 Å². The highest BCUT2D eigenvalue weighted by molar-refractivity contribution is 5.33. The number of rotatable bonds is 4. The molecule has 1 aliphatic heterocycles. The number of hydrogen-bond donors (Lipinski definition) is 2. The van der Waals surface area contributed by atoms with E-state index < -0.39 is 6.10 Å². The summed E-state index contributed by atoms with van der Waals surface area (Å²) in [6.07, 6.45) is 3.54. The second-order valence-electron chi connectivity index (χ2n) is 6.31. The summed E-state index contributed by atoms with van der Waals surface area (Å²) in [5.74, 6) is 1.47. The number of nitrogens with zero attached hydrogens (tertiary/aromatic N) is 1. The Balaban J connectivity index is 1.67. The van der Waals surface area contributed by atoms with Gasteiger partial charge >= 0.3 is 0 Å². The average Bonchev–Trinajstić information content (AvgIpc) is 2.82. The van der Waals surface area contributed by atoms with E-state index in [9.17, 15) is 5.11 Å². The molecule has 1 aromatic carbocycles. The van der Waals surface area contributed by atoms with Gasteiger partial charge in [-0.15, -0.1) is 0 Å². The average molecular weight is 306 g/mol. The summed E-state index contributed by atoms with van der Waals surface area (Å²) < 4.78 is 11.2. The zero-order valence-corrected chi connectivity index (χ0v) is 13.1. The van der Waals surface area contributed by atoms with Gasteiger partial charge in [-0.3, -0.25) is 4.90 Å². The molecule has 3 rings (SSSR count). The van der Waals surface area contributed by atoms with Crippen molar-refractivity contribution in [3.63, 3.8) is 0 Å². The van der Waals surface area contributed by atoms with E-state index in [1.807, 2.05) is 24.3 Å². The third-order valence-corrected chi connectivity index (χ3v) is 4.81. The normalized spacial score (nSPS) is 32.9. The molecular formula is C17H26N2O3. The van der Waals surface area contributed by atoms with Crippen LogP contribution in [0.3, 0.4) is 0 Å². The highest BCUT2D eigenvalue weighted by atomic mass is 16.5. The summed E-state index contributed by atoms with van der Waals surface area (Å²) in [4.78, 5) is 2.34. The Morgan fingerprint density at radius 1 is 1.18 bits per heavy atom. The van der Waals surface area contributed by atoms with Crippen molar-refractivity contribution in [2.24, 2.45) is 5.73 Å². The maximum Gasteiger partial charge on any atom is 0.128 e. The molecule has 3 N–H and O–H groups in total. The molecule has 122 valence electrons. The fourth-order valence-corrected chi connectivity index (χ4v) is 3.69. The molecule has 1 saturated heterocycles. The van der Waals surface area contributed by atoms with Gasteiger partial charge in [-0.1, -0.05) is 12.5 Å². The van der Waals surface area contributed by atoms with Crippen LogP contribution in [-0.2, 0) is 0 Å². The van der Waals surface area contributed by atoms with Crippen molar-refractivity contribution in [2.75, 3.05) is 20.2 Å². The molecular weight excluding hydrogens is 280 g/mol. The summed E-state index contributed by atoms with van der Waals surface area (Å²) in [6, 6.07) is 7.46. The number of ether oxygens (including phenoxy) is 2. The summed E-state index contributed by atoms with van der Waals surface area (Å²) in [5, 5.41) is 10.7. The molecule has 0 aromatic heterocycles. The molecule has 5 heteroatoms. The standard InChI is InChI=1S/C17H26N2O3/c1-21-12-6-5-7-13(10-12)22-15-11-14(18)16(17(15)20)19-8-3-2-4-9-19/h5-7,10,14-17,20H,2-4,8-9,11,18H2,1H3/t14-,15-,16+,17+/m1/s1. The minimum absolute atomic E-state index is 0.0101. The number of methoxy groups -OCH3 is 1. The molecule has 22 heavy (non-hydrogen) atoms. The van der Waals surface area contributed by atoms with Crippen LogP contribution < -0.4 is 15.2 Å². The quantitative estimate of drug-likeness (QED) is 0.880. The molecule has 2 fully saturated rings. The first-order valence-electron chi connectivity index (χ1n) is 8.17. The van der Waals surface area contributed by atoms with E-state index in [0.717, 1.165) is 24.6 Å². The molecule has 0 radical (unpaired) electrons. The molecule has 5 nitrogen and oxygen atoms in total. The van der Waals surface area contributed by atoms with E-state index in [1.165, 1.54) is 19.3 Å². The third-order valence-electron chi connectivity index (χ3n) is 4.81. The van der Waals surface area contributed by atoms with Gasteiger partial charge in [0.25, 0.3) is 0 Å². The first-order chi connectivity index (χ1) is 10.7. The maximum absolute atomic E-state index is 10.7. The van der Waals surface area contributed by atoms with Crippen molar-refractivity contribution in [1.29, 1.82) is 0 Å². The smallest absolute Gasteiger partial charge is 0.128 e. The van der Waals surface area contributed by atoms with Gasteiger partial charge in [0.15, 0.2) is 0 Å². The van der Waals surface area contributed by atoms with Gasteiger partial charge in [0, 0.05) is 18.5 Å². The van der Waals surface area contributed by atoms with Crippen molar-refractivity contribution in [3.05, 3.63) is 24.3 Å². The van der Waals surface area contributed by atoms with Gasteiger partial charge in [-0.2, -0.15) is 0 Å². The molecule has 0 unspecified atom stereocenters. The predicted octanol–water partition coefficient (Wildman–Crippen LogP) is 1.39. The van der Waals surface area contributed by atoms with Gasteiger partial charge in [0.1, 0.15) is 23.7 Å². The fraction of sp³-hybridized carbons (Fsp3) is 0.647. The minimum Gasteiger partial charge on any atom is -0.497 e. The Morgan fingerprint density at radius 2 is 1.91 bits per heavy atom. The summed E-state index contributed by atoms with van der Waals surface area (Å²) in [5.41, 5.74) is 6.29. The van der Waals surface area contributed by atoms with Crippen molar-refractivity contribution in [3.8, 4) is 11.5 Å². The van der Waals surface area contributed by atoms with Crippen LogP contribution in [0.5, 0.6) is 11.5 Å². The van der Waals surface area contributed by atoms with E-state index in [-0.39, 0.29) is 18.2 Å². The zero-order valence-electron chi connectivity index (χ0n) is 13.1. The van der Waals surface area contributed by atoms with Crippen LogP contribution in [0, 0.1) is 0 Å². The van der Waals surface area contributed by atoms with Crippen molar-refractivity contribution >= 4 is 0 Å². The lowest BCUT2D eigenvalue weighted by molar-refractivity contribution is 0.00287. The lowest BCUT2D eigenvalue weighted by atomic mass is 10.0. The van der Waals surface area contributed by atoms with Crippen molar-refractivity contribution in [1.82, 2.24) is 4.90 Å². The first-order valence-corrected chi connectivity index (χ1v) is 8.17. The predicted molar refractivity (Wildman–Crippen MR) is 85.2 cm³/mol. The Kier molecular flexibility index (Phi) is 4.86. The maximum atomic E-state index is 10.7. The van der Waals surface area contributed by atoms with Crippen LogP contribution in [0.4, 0.5) is 0 Å².